The number of carbonyl (C=O) groups is 7. The van der Waals surface area contributed by atoms with E-state index in [0.717, 1.165) is 0 Å². The Labute approximate surface area is 307 Å². The molecule has 17 nitrogen and oxygen atoms in total. The van der Waals surface area contributed by atoms with Gasteiger partial charge in [-0.25, -0.2) is 0 Å². The molecule has 11 N–H and O–H groups in total. The lowest BCUT2D eigenvalue weighted by Gasteiger charge is -2.28. The average molecular weight is 743 g/mol. The molecule has 17 heteroatoms. The largest absolute Gasteiger partial charge is 0.508 e. The number of aliphatic carboxylic acids is 2. The number of phenolic OH excluding ortho intramolecular Hbond substituents is 2. The summed E-state index contributed by atoms with van der Waals surface area (Å²) >= 11 is 0. The van der Waals surface area contributed by atoms with Gasteiger partial charge < -0.3 is 52.7 Å². The number of nitrogens with two attached hydrogens (primary N) is 1. The highest BCUT2D eigenvalue weighted by Gasteiger charge is 2.34. The van der Waals surface area contributed by atoms with Crippen LogP contribution < -0.4 is 32.3 Å². The Balaban J connectivity index is 2.36. The van der Waals surface area contributed by atoms with Gasteiger partial charge in [0, 0.05) is 19.3 Å². The predicted octanol–water partition coefficient (Wildman–Crippen LogP) is -0.0844. The molecule has 53 heavy (non-hydrogen) atoms. The number of carbonyl (C=O) groups excluding carboxylic acids is 5. The number of carboxylic acid groups (broad SMARTS) is 2. The standard InChI is InChI=1S/C36H50N6O11/c1-18(2)29(37)34(50)40-27(17-22-8-12-24(44)13-9-22)33(49)39-25(14-15-28(45)46)31(47)42-30(19(3)4)35(51)41-26(32(48)38-20(5)36(52)53)16-21-6-10-23(43)11-7-21/h6-13,18-20,25-27,29-30,43-44H,14-17,37H2,1-5H3,(H,38,48)(H,39,49)(H,40,50)(H,41,51)(H,42,47)(H,45,46)(H,52,53)/t20-,25+,26+,27+,29+,30+/m1/s1. The maximum absolute atomic E-state index is 13.7. The number of hydrogen-bond donors (Lipinski definition) is 10. The minimum Gasteiger partial charge on any atom is -0.508 e. The summed E-state index contributed by atoms with van der Waals surface area (Å²) < 4.78 is 0. The number of hydrogen-bond acceptors (Lipinski definition) is 10. The molecule has 0 unspecified atom stereocenters. The molecule has 0 fully saturated rings. The van der Waals surface area contributed by atoms with Gasteiger partial charge in [-0.1, -0.05) is 52.0 Å². The SMILES string of the molecule is CC(C)[C@H](N)C(=O)N[C@@H](Cc1ccc(O)cc1)C(=O)N[C@@H](CCC(=O)O)C(=O)N[C@H](C(=O)N[C@@H](Cc1ccc(O)cc1)C(=O)N[C@H](C)C(=O)O)C(C)C. The molecular weight excluding hydrogens is 692 g/mol. The van der Waals surface area contributed by atoms with Gasteiger partial charge in [-0.3, -0.25) is 33.6 Å². The zero-order valence-corrected chi connectivity index (χ0v) is 30.3. The molecule has 0 aliphatic rings. The van der Waals surface area contributed by atoms with Crippen LogP contribution in [-0.2, 0) is 46.4 Å². The van der Waals surface area contributed by atoms with Crippen LogP contribution in [0, 0.1) is 11.8 Å². The number of amides is 5. The molecule has 2 aromatic carbocycles. The molecule has 0 radical (unpaired) electrons. The number of aromatic hydroxyl groups is 2. The van der Waals surface area contributed by atoms with Crippen LogP contribution in [0.15, 0.2) is 48.5 Å². The Morgan fingerprint density at radius 3 is 1.40 bits per heavy atom. The summed E-state index contributed by atoms with van der Waals surface area (Å²) in [7, 11) is 0. The molecule has 2 aromatic rings. The monoisotopic (exact) mass is 742 g/mol. The van der Waals surface area contributed by atoms with E-state index in [4.69, 9.17) is 5.73 Å². The molecular formula is C36H50N6O11. The van der Waals surface area contributed by atoms with Crippen molar-refractivity contribution < 1.29 is 54.0 Å². The second-order valence-corrected chi connectivity index (χ2v) is 13.4. The zero-order valence-electron chi connectivity index (χ0n) is 30.3. The van der Waals surface area contributed by atoms with Crippen molar-refractivity contribution in [3.63, 3.8) is 0 Å². The van der Waals surface area contributed by atoms with Crippen LogP contribution in [0.2, 0.25) is 0 Å². The van der Waals surface area contributed by atoms with Crippen LogP contribution in [0.4, 0.5) is 0 Å². The number of nitrogens with one attached hydrogen (secondary N) is 5. The molecule has 0 aromatic heterocycles. The van der Waals surface area contributed by atoms with E-state index in [-0.39, 0.29) is 30.3 Å². The van der Waals surface area contributed by atoms with Crippen LogP contribution in [0.5, 0.6) is 11.5 Å². The molecule has 0 saturated heterocycles. The van der Waals surface area contributed by atoms with Crippen molar-refractivity contribution in [2.24, 2.45) is 17.6 Å². The second kappa shape index (κ2) is 20.4. The van der Waals surface area contributed by atoms with Crippen molar-refractivity contribution >= 4 is 41.5 Å². The summed E-state index contributed by atoms with van der Waals surface area (Å²) in [4.78, 5) is 90.0. The van der Waals surface area contributed by atoms with Crippen molar-refractivity contribution in [1.82, 2.24) is 26.6 Å². The van der Waals surface area contributed by atoms with Crippen molar-refractivity contribution in [2.75, 3.05) is 0 Å². The van der Waals surface area contributed by atoms with Crippen LogP contribution in [-0.4, -0.2) is 98.2 Å². The topological polar surface area (TPSA) is 287 Å². The van der Waals surface area contributed by atoms with Crippen molar-refractivity contribution in [1.29, 1.82) is 0 Å². The van der Waals surface area contributed by atoms with Gasteiger partial charge in [-0.05, 0) is 60.6 Å². The van der Waals surface area contributed by atoms with Gasteiger partial charge in [-0.15, -0.1) is 0 Å². The smallest absolute Gasteiger partial charge is 0.325 e. The predicted molar refractivity (Wildman–Crippen MR) is 191 cm³/mol. The first-order valence-corrected chi connectivity index (χ1v) is 17.1. The maximum Gasteiger partial charge on any atom is 0.325 e. The van der Waals surface area contributed by atoms with Crippen LogP contribution in [0.1, 0.15) is 58.6 Å². The minimum absolute atomic E-state index is 0.0307. The minimum atomic E-state index is -1.50. The highest BCUT2D eigenvalue weighted by atomic mass is 16.4. The highest BCUT2D eigenvalue weighted by molar-refractivity contribution is 5.96. The van der Waals surface area contributed by atoms with Gasteiger partial charge in [0.15, 0.2) is 0 Å². The second-order valence-electron chi connectivity index (χ2n) is 13.4. The van der Waals surface area contributed by atoms with E-state index in [9.17, 15) is 54.0 Å². The molecule has 0 saturated carbocycles. The first-order chi connectivity index (χ1) is 24.8. The Kier molecular flexibility index (Phi) is 16.7. The molecule has 0 aliphatic heterocycles. The summed E-state index contributed by atoms with van der Waals surface area (Å²) in [6, 6.07) is 3.88. The van der Waals surface area contributed by atoms with E-state index in [0.29, 0.717) is 11.1 Å². The lowest BCUT2D eigenvalue weighted by molar-refractivity contribution is -0.142. The number of benzene rings is 2. The molecule has 6 atom stereocenters. The van der Waals surface area contributed by atoms with E-state index in [2.05, 4.69) is 26.6 Å². The lowest BCUT2D eigenvalue weighted by Crippen LogP contribution is -2.60. The summed E-state index contributed by atoms with van der Waals surface area (Å²) in [6.07, 6.45) is -1.16. The normalized spacial score (nSPS) is 14.5. The van der Waals surface area contributed by atoms with E-state index < -0.39 is 96.5 Å². The third-order valence-corrected chi connectivity index (χ3v) is 8.30. The van der Waals surface area contributed by atoms with Crippen molar-refractivity contribution in [2.45, 2.75) is 96.6 Å². The summed E-state index contributed by atoms with van der Waals surface area (Å²) in [6.45, 7) is 7.86. The van der Waals surface area contributed by atoms with Gasteiger partial charge in [0.05, 0.1) is 6.04 Å². The maximum atomic E-state index is 13.7. The third kappa shape index (κ3) is 14.4. The molecule has 0 aliphatic carbocycles. The molecule has 290 valence electrons. The van der Waals surface area contributed by atoms with Crippen LogP contribution >= 0.6 is 0 Å². The van der Waals surface area contributed by atoms with E-state index in [1.54, 1.807) is 27.7 Å². The summed E-state index contributed by atoms with van der Waals surface area (Å²) in [5.74, 6) is -7.65. The molecule has 0 spiro atoms. The van der Waals surface area contributed by atoms with Gasteiger partial charge in [0.25, 0.3) is 0 Å². The lowest BCUT2D eigenvalue weighted by atomic mass is 9.99. The van der Waals surface area contributed by atoms with Crippen LogP contribution in [0.3, 0.4) is 0 Å². The molecule has 0 bridgehead atoms. The Bertz CT molecular complexity index is 1600. The average Bonchev–Trinajstić information content (AvgIpc) is 3.09. The van der Waals surface area contributed by atoms with Gasteiger partial charge in [-0.2, -0.15) is 0 Å². The fourth-order valence-corrected chi connectivity index (χ4v) is 4.96. The zero-order chi connectivity index (χ0) is 40.0. The van der Waals surface area contributed by atoms with Gasteiger partial charge in [0.1, 0.15) is 41.7 Å². The molecule has 2 rings (SSSR count). The fourth-order valence-electron chi connectivity index (χ4n) is 4.96. The Morgan fingerprint density at radius 2 is 0.981 bits per heavy atom. The highest BCUT2D eigenvalue weighted by Crippen LogP contribution is 2.14. The van der Waals surface area contributed by atoms with E-state index in [1.807, 2.05) is 0 Å². The first-order valence-electron chi connectivity index (χ1n) is 17.1. The number of phenols is 2. The Hall–Kier alpha value is -5.71. The number of rotatable bonds is 20. The molecule has 0 heterocycles. The van der Waals surface area contributed by atoms with Crippen molar-refractivity contribution in [3.05, 3.63) is 59.7 Å². The van der Waals surface area contributed by atoms with E-state index >= 15 is 0 Å². The summed E-state index contributed by atoms with van der Waals surface area (Å²) in [5, 5.41) is 50.5. The Morgan fingerprint density at radius 1 is 0.566 bits per heavy atom. The third-order valence-electron chi connectivity index (χ3n) is 8.30. The summed E-state index contributed by atoms with van der Waals surface area (Å²) in [5.41, 5.74) is 7.04. The van der Waals surface area contributed by atoms with Gasteiger partial charge in [0.2, 0.25) is 29.5 Å². The molecule has 5 amide bonds. The van der Waals surface area contributed by atoms with E-state index in [1.165, 1.54) is 55.5 Å². The quantitative estimate of drug-likeness (QED) is 0.0853. The van der Waals surface area contributed by atoms with Crippen LogP contribution in [0.25, 0.3) is 0 Å². The fraction of sp³-hybridized carbons (Fsp3) is 0.472. The number of carboxylic acids is 2. The van der Waals surface area contributed by atoms with Gasteiger partial charge >= 0.3 is 11.9 Å². The van der Waals surface area contributed by atoms with Crippen molar-refractivity contribution in [3.8, 4) is 11.5 Å². The first kappa shape index (κ1) is 43.5.